The van der Waals surface area contributed by atoms with Gasteiger partial charge in [0.25, 0.3) is 0 Å². The van der Waals surface area contributed by atoms with Gasteiger partial charge in [0, 0.05) is 43.5 Å². The van der Waals surface area contributed by atoms with Gasteiger partial charge in [0.1, 0.15) is 5.75 Å². The van der Waals surface area contributed by atoms with Gasteiger partial charge in [-0.15, -0.1) is 0 Å². The van der Waals surface area contributed by atoms with Crippen molar-refractivity contribution in [2.24, 2.45) is 7.05 Å². The van der Waals surface area contributed by atoms with Crippen molar-refractivity contribution in [1.82, 2.24) is 15.2 Å². The first-order valence-corrected chi connectivity index (χ1v) is 7.50. The number of benzene rings is 1. The highest BCUT2D eigenvalue weighted by molar-refractivity contribution is 5.74. The molecular formula is C17H21N3O2. The standard InChI is InChI=1S/C17H21N3O2/c1-12(15-11-22-16-6-4-3-5-14(15)16)19-17(21)18-9-13-7-8-20(2)10-13/h3-8,10,12,15H,9,11H2,1-2H3,(H2,18,19,21)/t12-,15+/m0/s1. The van der Waals surface area contributed by atoms with Gasteiger partial charge in [0.15, 0.2) is 0 Å². The molecule has 0 saturated carbocycles. The van der Waals surface area contributed by atoms with E-state index in [1.54, 1.807) is 0 Å². The molecule has 5 nitrogen and oxygen atoms in total. The summed E-state index contributed by atoms with van der Waals surface area (Å²) in [6, 6.07) is 9.85. The molecule has 0 bridgehead atoms. The first-order chi connectivity index (χ1) is 10.6. The number of amides is 2. The van der Waals surface area contributed by atoms with Crippen LogP contribution in [0.3, 0.4) is 0 Å². The summed E-state index contributed by atoms with van der Waals surface area (Å²) in [4.78, 5) is 12.0. The number of rotatable bonds is 4. The van der Waals surface area contributed by atoms with Crippen LogP contribution >= 0.6 is 0 Å². The molecule has 5 heteroatoms. The third-order valence-corrected chi connectivity index (χ3v) is 4.05. The van der Waals surface area contributed by atoms with Crippen LogP contribution in [0.5, 0.6) is 5.75 Å². The lowest BCUT2D eigenvalue weighted by atomic mass is 9.94. The Hall–Kier alpha value is -2.43. The molecule has 3 rings (SSSR count). The molecule has 0 spiro atoms. The van der Waals surface area contributed by atoms with Crippen LogP contribution in [0.15, 0.2) is 42.7 Å². The quantitative estimate of drug-likeness (QED) is 0.911. The van der Waals surface area contributed by atoms with Crippen molar-refractivity contribution >= 4 is 6.03 Å². The lowest BCUT2D eigenvalue weighted by Gasteiger charge is -2.20. The van der Waals surface area contributed by atoms with Crippen LogP contribution in [0.1, 0.15) is 24.0 Å². The number of nitrogens with zero attached hydrogens (tertiary/aromatic N) is 1. The highest BCUT2D eigenvalue weighted by atomic mass is 16.5. The van der Waals surface area contributed by atoms with E-state index in [0.29, 0.717) is 13.2 Å². The molecule has 2 aromatic rings. The minimum atomic E-state index is -0.152. The lowest BCUT2D eigenvalue weighted by Crippen LogP contribution is -2.43. The molecule has 1 aromatic carbocycles. The van der Waals surface area contributed by atoms with Crippen molar-refractivity contribution in [2.75, 3.05) is 6.61 Å². The van der Waals surface area contributed by atoms with Gasteiger partial charge in [0.2, 0.25) is 0 Å². The molecule has 0 unspecified atom stereocenters. The maximum absolute atomic E-state index is 12.0. The van der Waals surface area contributed by atoms with E-state index in [-0.39, 0.29) is 18.0 Å². The van der Waals surface area contributed by atoms with Gasteiger partial charge in [-0.25, -0.2) is 4.79 Å². The van der Waals surface area contributed by atoms with Crippen LogP contribution in [0, 0.1) is 0 Å². The van der Waals surface area contributed by atoms with Crippen LogP contribution in [0.2, 0.25) is 0 Å². The van der Waals surface area contributed by atoms with E-state index in [4.69, 9.17) is 4.74 Å². The van der Waals surface area contributed by atoms with E-state index < -0.39 is 0 Å². The number of fused-ring (bicyclic) bond motifs is 1. The Labute approximate surface area is 130 Å². The Balaban J connectivity index is 1.53. The number of ether oxygens (including phenoxy) is 1. The zero-order chi connectivity index (χ0) is 15.5. The van der Waals surface area contributed by atoms with Crippen molar-refractivity contribution in [1.29, 1.82) is 0 Å². The first kappa shape index (κ1) is 14.5. The van der Waals surface area contributed by atoms with Crippen LogP contribution < -0.4 is 15.4 Å². The Kier molecular flexibility index (Phi) is 4.04. The third-order valence-electron chi connectivity index (χ3n) is 4.05. The lowest BCUT2D eigenvalue weighted by molar-refractivity contribution is 0.232. The van der Waals surface area contributed by atoms with E-state index in [9.17, 15) is 4.79 Å². The minimum Gasteiger partial charge on any atom is -0.493 e. The van der Waals surface area contributed by atoms with Crippen LogP contribution in [-0.2, 0) is 13.6 Å². The fourth-order valence-corrected chi connectivity index (χ4v) is 2.81. The molecule has 0 saturated heterocycles. The molecule has 0 radical (unpaired) electrons. The Bertz CT molecular complexity index is 665. The topological polar surface area (TPSA) is 55.3 Å². The largest absolute Gasteiger partial charge is 0.493 e. The predicted octanol–water partition coefficient (Wildman–Crippen LogP) is 2.39. The number of carbonyl (C=O) groups is 1. The monoisotopic (exact) mass is 299 g/mol. The first-order valence-electron chi connectivity index (χ1n) is 7.50. The number of aryl methyl sites for hydroxylation is 1. The van der Waals surface area contributed by atoms with E-state index in [0.717, 1.165) is 11.3 Å². The second-order valence-electron chi connectivity index (χ2n) is 5.76. The minimum absolute atomic E-state index is 0.0134. The van der Waals surface area contributed by atoms with Gasteiger partial charge in [0.05, 0.1) is 6.61 Å². The van der Waals surface area contributed by atoms with Crippen LogP contribution in [0.4, 0.5) is 4.79 Å². The molecule has 22 heavy (non-hydrogen) atoms. The van der Waals surface area contributed by atoms with Crippen molar-refractivity contribution in [3.8, 4) is 5.75 Å². The van der Waals surface area contributed by atoms with E-state index >= 15 is 0 Å². The number of hydrogen-bond acceptors (Lipinski definition) is 2. The molecule has 116 valence electrons. The Morgan fingerprint density at radius 2 is 2.23 bits per heavy atom. The van der Waals surface area contributed by atoms with Crippen LogP contribution in [-0.4, -0.2) is 23.2 Å². The average molecular weight is 299 g/mol. The van der Waals surface area contributed by atoms with E-state index in [1.165, 1.54) is 5.56 Å². The second kappa shape index (κ2) is 6.13. The molecular weight excluding hydrogens is 278 g/mol. The molecule has 2 N–H and O–H groups in total. The van der Waals surface area contributed by atoms with E-state index in [1.807, 2.05) is 55.2 Å². The summed E-state index contributed by atoms with van der Waals surface area (Å²) in [6.45, 7) is 3.15. The number of urea groups is 1. The SMILES string of the molecule is C[C@H](NC(=O)NCc1ccn(C)c1)[C@H]1COc2ccccc21. The van der Waals surface area contributed by atoms with E-state index in [2.05, 4.69) is 16.7 Å². The fraction of sp³-hybridized carbons (Fsp3) is 0.353. The van der Waals surface area contributed by atoms with Crippen molar-refractivity contribution in [3.05, 3.63) is 53.9 Å². The van der Waals surface area contributed by atoms with Gasteiger partial charge < -0.3 is 19.9 Å². The zero-order valence-corrected chi connectivity index (χ0v) is 12.9. The smallest absolute Gasteiger partial charge is 0.315 e. The number of carbonyl (C=O) groups excluding carboxylic acids is 1. The Morgan fingerprint density at radius 1 is 1.41 bits per heavy atom. The number of para-hydroxylation sites is 1. The highest BCUT2D eigenvalue weighted by Gasteiger charge is 2.29. The van der Waals surface area contributed by atoms with Gasteiger partial charge in [-0.05, 0) is 24.6 Å². The summed E-state index contributed by atoms with van der Waals surface area (Å²) in [5, 5.41) is 5.89. The molecule has 0 fully saturated rings. The van der Waals surface area contributed by atoms with Gasteiger partial charge >= 0.3 is 6.03 Å². The maximum atomic E-state index is 12.0. The molecule has 1 aromatic heterocycles. The molecule has 2 amide bonds. The number of aromatic nitrogens is 1. The molecule has 2 atom stereocenters. The third kappa shape index (κ3) is 3.08. The van der Waals surface area contributed by atoms with Gasteiger partial charge in [-0.2, -0.15) is 0 Å². The van der Waals surface area contributed by atoms with Crippen molar-refractivity contribution in [2.45, 2.75) is 25.4 Å². The molecule has 1 aliphatic heterocycles. The summed E-state index contributed by atoms with van der Waals surface area (Å²) in [5.41, 5.74) is 2.25. The second-order valence-corrected chi connectivity index (χ2v) is 5.76. The summed E-state index contributed by atoms with van der Waals surface area (Å²) < 4.78 is 7.63. The highest BCUT2D eigenvalue weighted by Crippen LogP contribution is 2.35. The summed E-state index contributed by atoms with van der Waals surface area (Å²) >= 11 is 0. The summed E-state index contributed by atoms with van der Waals surface area (Å²) in [6.07, 6.45) is 3.95. The number of nitrogens with one attached hydrogen (secondary N) is 2. The van der Waals surface area contributed by atoms with Gasteiger partial charge in [-0.1, -0.05) is 18.2 Å². The van der Waals surface area contributed by atoms with Crippen molar-refractivity contribution < 1.29 is 9.53 Å². The average Bonchev–Trinajstić information content (AvgIpc) is 3.11. The normalized spacial score (nSPS) is 17.5. The zero-order valence-electron chi connectivity index (χ0n) is 12.9. The molecule has 0 aliphatic carbocycles. The summed E-state index contributed by atoms with van der Waals surface area (Å²) in [5.74, 6) is 1.12. The van der Waals surface area contributed by atoms with Crippen LogP contribution in [0.25, 0.3) is 0 Å². The summed E-state index contributed by atoms with van der Waals surface area (Å²) in [7, 11) is 1.96. The van der Waals surface area contributed by atoms with Gasteiger partial charge in [-0.3, -0.25) is 0 Å². The Morgan fingerprint density at radius 3 is 3.00 bits per heavy atom. The predicted molar refractivity (Wildman–Crippen MR) is 84.9 cm³/mol. The fourth-order valence-electron chi connectivity index (χ4n) is 2.81. The molecule has 2 heterocycles. The molecule has 1 aliphatic rings. The number of hydrogen-bond donors (Lipinski definition) is 2. The van der Waals surface area contributed by atoms with Crippen molar-refractivity contribution in [3.63, 3.8) is 0 Å². The maximum Gasteiger partial charge on any atom is 0.315 e.